The zero-order valence-electron chi connectivity index (χ0n) is 10.7. The van der Waals surface area contributed by atoms with Crippen LogP contribution in [0.25, 0.3) is 10.8 Å². The van der Waals surface area contributed by atoms with Crippen LogP contribution in [0.5, 0.6) is 0 Å². The van der Waals surface area contributed by atoms with Crippen LogP contribution in [-0.4, -0.2) is 6.54 Å². The van der Waals surface area contributed by atoms with Gasteiger partial charge in [-0.05, 0) is 21.9 Å². The van der Waals surface area contributed by atoms with Crippen molar-refractivity contribution in [3.63, 3.8) is 0 Å². The van der Waals surface area contributed by atoms with Crippen LogP contribution >= 0.6 is 0 Å². The van der Waals surface area contributed by atoms with Gasteiger partial charge in [-0.1, -0.05) is 72.8 Å². The van der Waals surface area contributed by atoms with Crippen molar-refractivity contribution in [3.05, 3.63) is 89.8 Å². The molecule has 0 fully saturated rings. The maximum absolute atomic E-state index is 5.99. The molecule has 0 bridgehead atoms. The van der Waals surface area contributed by atoms with Gasteiger partial charge in [-0.25, -0.2) is 0 Å². The van der Waals surface area contributed by atoms with E-state index in [0.717, 1.165) is 0 Å². The molecule has 93 valence electrons. The van der Waals surface area contributed by atoms with Crippen molar-refractivity contribution < 1.29 is 0 Å². The van der Waals surface area contributed by atoms with E-state index in [2.05, 4.69) is 66.7 Å². The Morgan fingerprint density at radius 2 is 1.42 bits per heavy atom. The molecule has 1 radical (unpaired) electrons. The van der Waals surface area contributed by atoms with Gasteiger partial charge < -0.3 is 5.73 Å². The van der Waals surface area contributed by atoms with E-state index in [-0.39, 0.29) is 0 Å². The van der Waals surface area contributed by atoms with Crippen LogP contribution in [0.3, 0.4) is 0 Å². The highest BCUT2D eigenvalue weighted by atomic mass is 14.5. The van der Waals surface area contributed by atoms with Gasteiger partial charge in [0.05, 0.1) is 0 Å². The van der Waals surface area contributed by atoms with E-state index in [1.807, 2.05) is 6.07 Å². The molecule has 3 aromatic rings. The molecule has 1 nitrogen and oxygen atoms in total. The van der Waals surface area contributed by atoms with E-state index in [4.69, 9.17) is 5.73 Å². The number of nitrogens with two attached hydrogens (primary N) is 1. The van der Waals surface area contributed by atoms with Crippen molar-refractivity contribution in [1.29, 1.82) is 0 Å². The maximum atomic E-state index is 5.99. The molecule has 0 unspecified atom stereocenters. The molecule has 0 heterocycles. The van der Waals surface area contributed by atoms with Gasteiger partial charge >= 0.3 is 0 Å². The Bertz CT molecular complexity index is 668. The fourth-order valence-electron chi connectivity index (χ4n) is 2.51. The molecule has 19 heavy (non-hydrogen) atoms. The summed E-state index contributed by atoms with van der Waals surface area (Å²) in [5.74, 6) is 1.19. The fourth-order valence-corrected chi connectivity index (χ4v) is 2.51. The summed E-state index contributed by atoms with van der Waals surface area (Å²) >= 11 is 0. The standard InChI is InChI=1S/C18H16N/c19-13-18(15-7-2-1-3-8-15)17-12-6-10-14-9-4-5-11-16(14)17/h1-12H,13,19H2. The summed E-state index contributed by atoms with van der Waals surface area (Å²) in [5, 5.41) is 2.51. The molecule has 0 amide bonds. The largest absolute Gasteiger partial charge is 0.329 e. The summed E-state index contributed by atoms with van der Waals surface area (Å²) < 4.78 is 0. The molecule has 0 aliphatic heterocycles. The fraction of sp³-hybridized carbons (Fsp3) is 0.0556. The minimum atomic E-state index is 0.540. The molecule has 0 spiro atoms. The summed E-state index contributed by atoms with van der Waals surface area (Å²) in [6, 6.07) is 25.2. The van der Waals surface area contributed by atoms with Gasteiger partial charge in [0.25, 0.3) is 0 Å². The van der Waals surface area contributed by atoms with Crippen molar-refractivity contribution in [1.82, 2.24) is 0 Å². The Hall–Kier alpha value is -2.12. The van der Waals surface area contributed by atoms with Gasteiger partial charge in [0.2, 0.25) is 0 Å². The van der Waals surface area contributed by atoms with Crippen LogP contribution in [-0.2, 0) is 0 Å². The lowest BCUT2D eigenvalue weighted by molar-refractivity contribution is 1.04. The Morgan fingerprint density at radius 3 is 2.21 bits per heavy atom. The zero-order valence-corrected chi connectivity index (χ0v) is 10.7. The Morgan fingerprint density at radius 1 is 0.737 bits per heavy atom. The zero-order chi connectivity index (χ0) is 13.1. The predicted octanol–water partition coefficient (Wildman–Crippen LogP) is 3.77. The van der Waals surface area contributed by atoms with E-state index >= 15 is 0 Å². The maximum Gasteiger partial charge on any atom is 0.0480 e. The second-order valence-electron chi connectivity index (χ2n) is 4.58. The van der Waals surface area contributed by atoms with E-state index in [0.29, 0.717) is 6.54 Å². The van der Waals surface area contributed by atoms with Crippen LogP contribution in [0.15, 0.2) is 72.8 Å². The van der Waals surface area contributed by atoms with Crippen molar-refractivity contribution in [2.24, 2.45) is 5.73 Å². The molecule has 3 rings (SSSR count). The Kier molecular flexibility index (Phi) is 3.30. The Balaban J connectivity index is 2.17. The molecule has 1 heteroatoms. The van der Waals surface area contributed by atoms with Gasteiger partial charge in [0, 0.05) is 12.5 Å². The SMILES string of the molecule is NC[C](c1ccccc1)c1cccc2ccccc12. The number of rotatable bonds is 3. The molecule has 3 aromatic carbocycles. The van der Waals surface area contributed by atoms with Crippen LogP contribution in [0.4, 0.5) is 0 Å². The molecule has 0 saturated heterocycles. The highest BCUT2D eigenvalue weighted by Gasteiger charge is 2.15. The monoisotopic (exact) mass is 246 g/mol. The third-order valence-electron chi connectivity index (χ3n) is 3.44. The van der Waals surface area contributed by atoms with E-state index in [1.54, 1.807) is 0 Å². The first-order valence-corrected chi connectivity index (χ1v) is 6.49. The van der Waals surface area contributed by atoms with Crippen LogP contribution in [0.2, 0.25) is 0 Å². The Labute approximate surface area is 113 Å². The minimum Gasteiger partial charge on any atom is -0.329 e. The molecular weight excluding hydrogens is 230 g/mol. The summed E-state index contributed by atoms with van der Waals surface area (Å²) in [7, 11) is 0. The normalized spacial score (nSPS) is 11.1. The average molecular weight is 246 g/mol. The topological polar surface area (TPSA) is 26.0 Å². The molecule has 0 aromatic heterocycles. The van der Waals surface area contributed by atoms with Gasteiger partial charge in [-0.3, -0.25) is 0 Å². The van der Waals surface area contributed by atoms with Gasteiger partial charge in [-0.15, -0.1) is 0 Å². The molecule has 0 atom stereocenters. The van der Waals surface area contributed by atoms with E-state index in [9.17, 15) is 0 Å². The van der Waals surface area contributed by atoms with E-state index in [1.165, 1.54) is 27.8 Å². The first-order chi connectivity index (χ1) is 9.40. The first kappa shape index (κ1) is 11.9. The van der Waals surface area contributed by atoms with Crippen LogP contribution < -0.4 is 5.73 Å². The number of benzene rings is 3. The van der Waals surface area contributed by atoms with Gasteiger partial charge in [-0.2, -0.15) is 0 Å². The van der Waals surface area contributed by atoms with Crippen LogP contribution in [0.1, 0.15) is 11.1 Å². The average Bonchev–Trinajstić information content (AvgIpc) is 2.49. The van der Waals surface area contributed by atoms with Crippen molar-refractivity contribution in [2.45, 2.75) is 0 Å². The molecule has 2 N–H and O–H groups in total. The predicted molar refractivity (Wildman–Crippen MR) is 80.9 cm³/mol. The van der Waals surface area contributed by atoms with Crippen LogP contribution in [0, 0.1) is 5.92 Å². The second-order valence-corrected chi connectivity index (χ2v) is 4.58. The third kappa shape index (κ3) is 2.25. The van der Waals surface area contributed by atoms with Crippen molar-refractivity contribution in [2.75, 3.05) is 6.54 Å². The smallest absolute Gasteiger partial charge is 0.0480 e. The summed E-state index contributed by atoms with van der Waals surface area (Å²) in [6.45, 7) is 0.540. The summed E-state index contributed by atoms with van der Waals surface area (Å²) in [4.78, 5) is 0. The number of fused-ring (bicyclic) bond motifs is 1. The van der Waals surface area contributed by atoms with Crippen molar-refractivity contribution >= 4 is 10.8 Å². The van der Waals surface area contributed by atoms with E-state index < -0.39 is 0 Å². The summed E-state index contributed by atoms with van der Waals surface area (Å²) in [5.41, 5.74) is 8.42. The quantitative estimate of drug-likeness (QED) is 0.748. The third-order valence-corrected chi connectivity index (χ3v) is 3.44. The molecule has 0 aliphatic rings. The lowest BCUT2D eigenvalue weighted by atomic mass is 9.88. The number of hydrogen-bond donors (Lipinski definition) is 1. The molecule has 0 saturated carbocycles. The number of hydrogen-bond acceptors (Lipinski definition) is 1. The lowest BCUT2D eigenvalue weighted by Gasteiger charge is -2.17. The molecular formula is C18H16N. The van der Waals surface area contributed by atoms with Crippen molar-refractivity contribution in [3.8, 4) is 0 Å². The molecule has 0 aliphatic carbocycles. The summed E-state index contributed by atoms with van der Waals surface area (Å²) in [6.07, 6.45) is 0. The highest BCUT2D eigenvalue weighted by Crippen LogP contribution is 2.29. The second kappa shape index (κ2) is 5.25. The minimum absolute atomic E-state index is 0.540. The van der Waals surface area contributed by atoms with Gasteiger partial charge in [0.15, 0.2) is 0 Å². The first-order valence-electron chi connectivity index (χ1n) is 6.49. The lowest BCUT2D eigenvalue weighted by Crippen LogP contribution is -2.15. The van der Waals surface area contributed by atoms with Gasteiger partial charge in [0.1, 0.15) is 0 Å². The highest BCUT2D eigenvalue weighted by molar-refractivity contribution is 5.88.